The van der Waals surface area contributed by atoms with Crippen molar-refractivity contribution in [3.8, 4) is 0 Å². The number of rotatable bonds is 2. The van der Waals surface area contributed by atoms with E-state index in [4.69, 9.17) is 4.74 Å². The Kier molecular flexibility index (Phi) is 5.27. The number of carbonyl (C=O) groups excluding carboxylic acids is 1. The topological polar surface area (TPSA) is 53.6 Å². The highest BCUT2D eigenvalue weighted by molar-refractivity contribution is 5.68. The number of nitrogens with one attached hydrogen (secondary N) is 2. The average molecular weight is 283 g/mol. The number of carbonyl (C=O) groups is 1. The second kappa shape index (κ2) is 6.76. The summed E-state index contributed by atoms with van der Waals surface area (Å²) in [6.45, 7) is 9.98. The molecule has 2 unspecified atom stereocenters. The van der Waals surface area contributed by atoms with Crippen molar-refractivity contribution in [1.82, 2.24) is 15.5 Å². The predicted octanol–water partition coefficient (Wildman–Crippen LogP) is 1.73. The summed E-state index contributed by atoms with van der Waals surface area (Å²) in [5, 5.41) is 6.49. The minimum Gasteiger partial charge on any atom is -0.444 e. The van der Waals surface area contributed by atoms with Crippen molar-refractivity contribution in [2.75, 3.05) is 26.2 Å². The summed E-state index contributed by atoms with van der Waals surface area (Å²) in [6, 6.07) is 0.704. The van der Waals surface area contributed by atoms with Gasteiger partial charge in [-0.2, -0.15) is 0 Å². The molecule has 5 heteroatoms. The molecule has 1 saturated heterocycles. The summed E-state index contributed by atoms with van der Waals surface area (Å²) in [7, 11) is 0. The summed E-state index contributed by atoms with van der Waals surface area (Å²) in [5.41, 5.74) is -0.427. The molecule has 1 aliphatic carbocycles. The van der Waals surface area contributed by atoms with E-state index in [1.807, 2.05) is 20.8 Å². The number of ether oxygens (including phenoxy) is 1. The molecule has 2 aliphatic rings. The van der Waals surface area contributed by atoms with Gasteiger partial charge < -0.3 is 15.4 Å². The SMILES string of the molecule is CC(C)(C)OC(=O)NC1CCCCC1N1CCNCC1. The van der Waals surface area contributed by atoms with E-state index in [0.717, 1.165) is 32.6 Å². The fraction of sp³-hybridized carbons (Fsp3) is 0.933. The lowest BCUT2D eigenvalue weighted by Crippen LogP contribution is -2.58. The number of alkyl carbamates (subject to hydrolysis) is 1. The Bertz CT molecular complexity index is 322. The molecule has 2 fully saturated rings. The molecule has 0 aromatic heterocycles. The molecule has 20 heavy (non-hydrogen) atoms. The molecule has 0 spiro atoms. The van der Waals surface area contributed by atoms with Crippen molar-refractivity contribution in [1.29, 1.82) is 0 Å². The number of nitrogens with zero attached hydrogens (tertiary/aromatic N) is 1. The average Bonchev–Trinajstić information content (AvgIpc) is 2.38. The third-order valence-corrected chi connectivity index (χ3v) is 4.05. The molecule has 2 rings (SSSR count). The van der Waals surface area contributed by atoms with Crippen LogP contribution in [0.4, 0.5) is 4.79 Å². The second-order valence-corrected chi connectivity index (χ2v) is 6.89. The van der Waals surface area contributed by atoms with E-state index in [-0.39, 0.29) is 12.1 Å². The molecule has 1 heterocycles. The van der Waals surface area contributed by atoms with Crippen molar-refractivity contribution in [2.45, 2.75) is 64.1 Å². The Labute approximate surface area is 122 Å². The Morgan fingerprint density at radius 3 is 2.50 bits per heavy atom. The van der Waals surface area contributed by atoms with Crippen LogP contribution in [0, 0.1) is 0 Å². The van der Waals surface area contributed by atoms with Gasteiger partial charge in [0.15, 0.2) is 0 Å². The van der Waals surface area contributed by atoms with Gasteiger partial charge in [0.05, 0.1) is 0 Å². The van der Waals surface area contributed by atoms with Gasteiger partial charge >= 0.3 is 6.09 Å². The molecule has 5 nitrogen and oxygen atoms in total. The Balaban J connectivity index is 1.91. The molecule has 1 amide bonds. The van der Waals surface area contributed by atoms with Crippen molar-refractivity contribution < 1.29 is 9.53 Å². The molecule has 1 saturated carbocycles. The molecule has 116 valence electrons. The van der Waals surface area contributed by atoms with Gasteiger partial charge in [-0.1, -0.05) is 12.8 Å². The van der Waals surface area contributed by atoms with E-state index >= 15 is 0 Å². The maximum atomic E-state index is 12.0. The van der Waals surface area contributed by atoms with Crippen LogP contribution in [-0.4, -0.2) is 54.9 Å². The zero-order chi connectivity index (χ0) is 14.6. The van der Waals surface area contributed by atoms with E-state index in [1.54, 1.807) is 0 Å². The van der Waals surface area contributed by atoms with Gasteiger partial charge in [0.1, 0.15) is 5.60 Å². The predicted molar refractivity (Wildman–Crippen MR) is 79.9 cm³/mol. The van der Waals surface area contributed by atoms with Crippen LogP contribution in [0.3, 0.4) is 0 Å². The van der Waals surface area contributed by atoms with Crippen LogP contribution >= 0.6 is 0 Å². The highest BCUT2D eigenvalue weighted by atomic mass is 16.6. The monoisotopic (exact) mass is 283 g/mol. The molecule has 0 radical (unpaired) electrons. The van der Waals surface area contributed by atoms with E-state index in [2.05, 4.69) is 15.5 Å². The van der Waals surface area contributed by atoms with Gasteiger partial charge in [0.2, 0.25) is 0 Å². The van der Waals surface area contributed by atoms with Crippen LogP contribution in [0.25, 0.3) is 0 Å². The van der Waals surface area contributed by atoms with Crippen LogP contribution < -0.4 is 10.6 Å². The van der Waals surface area contributed by atoms with E-state index in [9.17, 15) is 4.79 Å². The smallest absolute Gasteiger partial charge is 0.407 e. The van der Waals surface area contributed by atoms with Gasteiger partial charge in [-0.15, -0.1) is 0 Å². The summed E-state index contributed by atoms with van der Waals surface area (Å²) in [5.74, 6) is 0. The second-order valence-electron chi connectivity index (χ2n) is 6.89. The maximum absolute atomic E-state index is 12.0. The first-order valence-corrected chi connectivity index (χ1v) is 7.90. The highest BCUT2D eigenvalue weighted by Crippen LogP contribution is 2.24. The Hall–Kier alpha value is -0.810. The van der Waals surface area contributed by atoms with Crippen molar-refractivity contribution in [3.05, 3.63) is 0 Å². The van der Waals surface area contributed by atoms with E-state index < -0.39 is 5.60 Å². The number of hydrogen-bond acceptors (Lipinski definition) is 4. The summed E-state index contributed by atoms with van der Waals surface area (Å²) < 4.78 is 5.40. The van der Waals surface area contributed by atoms with Gasteiger partial charge in [-0.25, -0.2) is 4.79 Å². The Morgan fingerprint density at radius 1 is 1.20 bits per heavy atom. The standard InChI is InChI=1S/C15H29N3O2/c1-15(2,3)20-14(19)17-12-6-4-5-7-13(12)18-10-8-16-9-11-18/h12-13,16H,4-11H2,1-3H3,(H,17,19). The normalized spacial score (nSPS) is 28.9. The quantitative estimate of drug-likeness (QED) is 0.810. The zero-order valence-corrected chi connectivity index (χ0v) is 13.1. The first-order chi connectivity index (χ1) is 9.46. The van der Waals surface area contributed by atoms with Crippen LogP contribution in [0.1, 0.15) is 46.5 Å². The van der Waals surface area contributed by atoms with Crippen molar-refractivity contribution in [2.24, 2.45) is 0 Å². The molecule has 2 N–H and O–H groups in total. The molecule has 0 bridgehead atoms. The molecule has 2 atom stereocenters. The Morgan fingerprint density at radius 2 is 1.85 bits per heavy atom. The van der Waals surface area contributed by atoms with Crippen LogP contribution in [0.5, 0.6) is 0 Å². The first kappa shape index (κ1) is 15.6. The lowest BCUT2D eigenvalue weighted by molar-refractivity contribution is 0.0413. The fourth-order valence-corrected chi connectivity index (χ4v) is 3.19. The largest absolute Gasteiger partial charge is 0.444 e. The maximum Gasteiger partial charge on any atom is 0.407 e. The molecular formula is C15H29N3O2. The molecule has 0 aromatic rings. The number of amides is 1. The van der Waals surface area contributed by atoms with Crippen molar-refractivity contribution in [3.63, 3.8) is 0 Å². The minimum atomic E-state index is -0.427. The lowest BCUT2D eigenvalue weighted by atomic mass is 9.89. The zero-order valence-electron chi connectivity index (χ0n) is 13.1. The number of hydrogen-bond donors (Lipinski definition) is 2. The fourth-order valence-electron chi connectivity index (χ4n) is 3.19. The third-order valence-electron chi connectivity index (χ3n) is 4.05. The van der Waals surface area contributed by atoms with Crippen LogP contribution in [0.2, 0.25) is 0 Å². The molecular weight excluding hydrogens is 254 g/mol. The highest BCUT2D eigenvalue weighted by Gasteiger charge is 2.32. The first-order valence-electron chi connectivity index (χ1n) is 7.90. The lowest BCUT2D eigenvalue weighted by Gasteiger charge is -2.42. The van der Waals surface area contributed by atoms with Gasteiger partial charge in [0.25, 0.3) is 0 Å². The molecule has 0 aromatic carbocycles. The van der Waals surface area contributed by atoms with Gasteiger partial charge in [-0.05, 0) is 33.6 Å². The third kappa shape index (κ3) is 4.63. The van der Waals surface area contributed by atoms with Crippen LogP contribution in [0.15, 0.2) is 0 Å². The summed E-state index contributed by atoms with van der Waals surface area (Å²) >= 11 is 0. The number of piperazine rings is 1. The van der Waals surface area contributed by atoms with Crippen LogP contribution in [-0.2, 0) is 4.74 Å². The minimum absolute atomic E-state index is 0.233. The summed E-state index contributed by atoms with van der Waals surface area (Å²) in [6.07, 6.45) is 4.43. The van der Waals surface area contributed by atoms with Crippen molar-refractivity contribution >= 4 is 6.09 Å². The summed E-state index contributed by atoms with van der Waals surface area (Å²) in [4.78, 5) is 14.5. The van der Waals surface area contributed by atoms with Gasteiger partial charge in [0, 0.05) is 38.3 Å². The molecule has 1 aliphatic heterocycles. The van der Waals surface area contributed by atoms with Gasteiger partial charge in [-0.3, -0.25) is 4.90 Å². The van der Waals surface area contributed by atoms with E-state index in [0.29, 0.717) is 6.04 Å². The van der Waals surface area contributed by atoms with E-state index in [1.165, 1.54) is 19.3 Å².